The van der Waals surface area contributed by atoms with Gasteiger partial charge in [-0.1, -0.05) is 30.3 Å². The minimum absolute atomic E-state index is 0.859. The molecule has 88 valence electrons. The topological polar surface area (TPSA) is 29.4 Å². The molecule has 1 heterocycles. The van der Waals surface area contributed by atoms with Crippen LogP contribution in [0.15, 0.2) is 56.4 Å². The van der Waals surface area contributed by atoms with Gasteiger partial charge in [-0.25, -0.2) is 0 Å². The molecule has 0 saturated carbocycles. The van der Waals surface area contributed by atoms with E-state index in [1.165, 1.54) is 21.6 Å². The summed E-state index contributed by atoms with van der Waals surface area (Å²) < 4.78 is 1.27. The van der Waals surface area contributed by atoms with Crippen molar-refractivity contribution in [3.05, 3.63) is 61.7 Å². The number of nitroso groups, excluding NO2 is 1. The number of hydrogen-bond donors (Lipinski definition) is 0. The SMILES string of the molecule is CSC1=C(Cc2ccccc2)/C(=C/N=O)SS1. The van der Waals surface area contributed by atoms with E-state index in [-0.39, 0.29) is 0 Å². The molecule has 0 aromatic heterocycles. The van der Waals surface area contributed by atoms with Gasteiger partial charge >= 0.3 is 0 Å². The van der Waals surface area contributed by atoms with Gasteiger partial charge in [0.1, 0.15) is 0 Å². The molecular formula is C12H11NOS3. The maximum atomic E-state index is 10.4. The average molecular weight is 281 g/mol. The zero-order valence-electron chi connectivity index (χ0n) is 9.25. The highest BCUT2D eigenvalue weighted by molar-refractivity contribution is 8.82. The summed E-state index contributed by atoms with van der Waals surface area (Å²) >= 11 is 1.73. The summed E-state index contributed by atoms with van der Waals surface area (Å²) in [7, 11) is 3.33. The quantitative estimate of drug-likeness (QED) is 0.585. The second-order valence-corrected chi connectivity index (χ2v) is 6.65. The van der Waals surface area contributed by atoms with Crippen molar-refractivity contribution >= 4 is 33.3 Å². The Labute approximate surface area is 113 Å². The zero-order chi connectivity index (χ0) is 12.1. The van der Waals surface area contributed by atoms with E-state index in [1.54, 1.807) is 33.3 Å². The predicted octanol–water partition coefficient (Wildman–Crippen LogP) is 4.81. The first-order valence-corrected chi connectivity index (χ1v) is 8.41. The third-order valence-corrected chi connectivity index (χ3v) is 6.31. The highest BCUT2D eigenvalue weighted by Crippen LogP contribution is 2.54. The van der Waals surface area contributed by atoms with Crippen molar-refractivity contribution in [3.8, 4) is 0 Å². The lowest BCUT2D eigenvalue weighted by atomic mass is 10.1. The molecule has 0 spiro atoms. The van der Waals surface area contributed by atoms with E-state index in [0.717, 1.165) is 11.3 Å². The van der Waals surface area contributed by atoms with Gasteiger partial charge in [0.25, 0.3) is 0 Å². The van der Waals surface area contributed by atoms with Gasteiger partial charge in [-0.2, -0.15) is 0 Å². The van der Waals surface area contributed by atoms with Crippen LogP contribution in [0.4, 0.5) is 0 Å². The first kappa shape index (κ1) is 12.8. The van der Waals surface area contributed by atoms with Gasteiger partial charge in [0.15, 0.2) is 0 Å². The third-order valence-electron chi connectivity index (χ3n) is 2.33. The van der Waals surface area contributed by atoms with E-state index in [4.69, 9.17) is 0 Å². The monoisotopic (exact) mass is 281 g/mol. The number of nitrogens with zero attached hydrogens (tertiary/aromatic N) is 1. The maximum Gasteiger partial charge on any atom is 0.0862 e. The summed E-state index contributed by atoms with van der Waals surface area (Å²) in [6.07, 6.45) is 4.34. The Balaban J connectivity index is 2.27. The number of thioether (sulfide) groups is 1. The van der Waals surface area contributed by atoms with Crippen molar-refractivity contribution in [1.82, 2.24) is 0 Å². The molecule has 1 aromatic rings. The van der Waals surface area contributed by atoms with E-state index >= 15 is 0 Å². The molecule has 1 aliphatic rings. The lowest BCUT2D eigenvalue weighted by molar-refractivity contribution is 1.19. The van der Waals surface area contributed by atoms with Crippen molar-refractivity contribution in [2.75, 3.05) is 6.26 Å². The van der Waals surface area contributed by atoms with Gasteiger partial charge in [-0.15, -0.1) is 16.7 Å². The first-order chi connectivity index (χ1) is 8.35. The molecule has 0 saturated heterocycles. The average Bonchev–Trinajstić information content (AvgIpc) is 2.74. The smallest absolute Gasteiger partial charge is 0.0862 e. The minimum atomic E-state index is 0.859. The van der Waals surface area contributed by atoms with Crippen LogP contribution in [0.3, 0.4) is 0 Å². The fourth-order valence-electron chi connectivity index (χ4n) is 1.55. The molecule has 0 radical (unpaired) electrons. The Morgan fingerprint density at radius 1 is 1.29 bits per heavy atom. The molecule has 2 rings (SSSR count). The van der Waals surface area contributed by atoms with Crippen molar-refractivity contribution in [2.24, 2.45) is 5.18 Å². The molecule has 0 fully saturated rings. The number of rotatable bonds is 4. The standard InChI is InChI=1S/C12H11NOS3/c1-15-12-10(11(8-13-14)16-17-12)7-9-5-3-2-4-6-9/h2-6,8H,7H2,1H3/b11-8-. The lowest BCUT2D eigenvalue weighted by Crippen LogP contribution is -1.91. The first-order valence-electron chi connectivity index (χ1n) is 5.03. The van der Waals surface area contributed by atoms with E-state index in [9.17, 15) is 4.91 Å². The van der Waals surface area contributed by atoms with Crippen molar-refractivity contribution < 1.29 is 0 Å². The van der Waals surface area contributed by atoms with Crippen molar-refractivity contribution in [2.45, 2.75) is 6.42 Å². The molecule has 0 N–H and O–H groups in total. The third kappa shape index (κ3) is 3.18. The molecule has 17 heavy (non-hydrogen) atoms. The lowest BCUT2D eigenvalue weighted by Gasteiger charge is -2.05. The van der Waals surface area contributed by atoms with Crippen LogP contribution >= 0.6 is 33.3 Å². The van der Waals surface area contributed by atoms with Crippen LogP contribution in [0.5, 0.6) is 0 Å². The highest BCUT2D eigenvalue weighted by atomic mass is 33.1. The van der Waals surface area contributed by atoms with Gasteiger partial charge in [-0.05, 0) is 44.2 Å². The van der Waals surface area contributed by atoms with Crippen LogP contribution < -0.4 is 0 Å². The van der Waals surface area contributed by atoms with E-state index in [1.807, 2.05) is 18.2 Å². The van der Waals surface area contributed by atoms with E-state index in [2.05, 4.69) is 23.6 Å². The summed E-state index contributed by atoms with van der Waals surface area (Å²) in [5.41, 5.74) is 2.48. The van der Waals surface area contributed by atoms with E-state index in [0.29, 0.717) is 0 Å². The largest absolute Gasteiger partial charge is 0.145 e. The minimum Gasteiger partial charge on any atom is -0.145 e. The van der Waals surface area contributed by atoms with Gasteiger partial charge in [0, 0.05) is 11.3 Å². The number of allylic oxidation sites excluding steroid dienone is 1. The van der Waals surface area contributed by atoms with Crippen LogP contribution in [0.2, 0.25) is 0 Å². The van der Waals surface area contributed by atoms with Gasteiger partial charge < -0.3 is 0 Å². The maximum absolute atomic E-state index is 10.4. The second-order valence-electron chi connectivity index (χ2n) is 3.40. The number of benzene rings is 1. The molecule has 0 amide bonds. The fraction of sp³-hybridized carbons (Fsp3) is 0.167. The summed E-state index contributed by atoms with van der Waals surface area (Å²) in [5.74, 6) is 0. The Morgan fingerprint density at radius 2 is 2.06 bits per heavy atom. The van der Waals surface area contributed by atoms with Crippen LogP contribution in [0, 0.1) is 4.91 Å². The molecule has 0 atom stereocenters. The fourth-order valence-corrected chi connectivity index (χ4v) is 5.33. The van der Waals surface area contributed by atoms with Crippen LogP contribution in [-0.2, 0) is 6.42 Å². The summed E-state index contributed by atoms with van der Waals surface area (Å²) in [6.45, 7) is 0. The van der Waals surface area contributed by atoms with Gasteiger partial charge in [0.05, 0.1) is 10.4 Å². The predicted molar refractivity (Wildman–Crippen MR) is 79.7 cm³/mol. The Morgan fingerprint density at radius 3 is 2.71 bits per heavy atom. The Kier molecular flexibility index (Phi) is 4.76. The second kappa shape index (κ2) is 6.33. The Hall–Kier alpha value is -0.650. The molecule has 0 bridgehead atoms. The number of hydrogen-bond acceptors (Lipinski definition) is 5. The summed E-state index contributed by atoms with van der Waals surface area (Å²) in [5, 5.41) is 2.89. The van der Waals surface area contributed by atoms with Crippen molar-refractivity contribution in [1.29, 1.82) is 0 Å². The summed E-state index contributed by atoms with van der Waals surface area (Å²) in [6, 6.07) is 10.3. The molecule has 2 nitrogen and oxygen atoms in total. The molecular weight excluding hydrogens is 270 g/mol. The van der Waals surface area contributed by atoms with Crippen LogP contribution in [-0.4, -0.2) is 6.26 Å². The van der Waals surface area contributed by atoms with Gasteiger partial charge in [0.2, 0.25) is 0 Å². The molecule has 0 unspecified atom stereocenters. The van der Waals surface area contributed by atoms with Crippen molar-refractivity contribution in [3.63, 3.8) is 0 Å². The Bertz CT molecular complexity index is 468. The molecule has 5 heteroatoms. The summed E-state index contributed by atoms with van der Waals surface area (Å²) in [4.78, 5) is 11.4. The van der Waals surface area contributed by atoms with Crippen LogP contribution in [0.1, 0.15) is 5.56 Å². The zero-order valence-corrected chi connectivity index (χ0v) is 11.7. The molecule has 1 aliphatic heterocycles. The van der Waals surface area contributed by atoms with Gasteiger partial charge in [-0.3, -0.25) is 0 Å². The van der Waals surface area contributed by atoms with E-state index < -0.39 is 0 Å². The van der Waals surface area contributed by atoms with Crippen LogP contribution in [0.25, 0.3) is 0 Å². The highest BCUT2D eigenvalue weighted by Gasteiger charge is 2.21. The molecule has 1 aromatic carbocycles. The normalized spacial score (nSPS) is 17.8. The molecule has 0 aliphatic carbocycles.